The zero-order valence-electron chi connectivity index (χ0n) is 14.8. The highest BCUT2D eigenvalue weighted by atomic mass is 16.3. The van der Waals surface area contributed by atoms with Crippen molar-refractivity contribution in [2.75, 3.05) is 13.1 Å². The first kappa shape index (κ1) is 15.9. The Balaban J connectivity index is 1.47. The van der Waals surface area contributed by atoms with Gasteiger partial charge in [-0.25, -0.2) is 0 Å². The van der Waals surface area contributed by atoms with Crippen molar-refractivity contribution in [3.8, 4) is 28.3 Å². The lowest BCUT2D eigenvalue weighted by molar-refractivity contribution is 0.436. The molecule has 1 aliphatic rings. The summed E-state index contributed by atoms with van der Waals surface area (Å²) in [5.41, 5.74) is 4.78. The minimum Gasteiger partial charge on any atom is -0.507 e. The summed E-state index contributed by atoms with van der Waals surface area (Å²) >= 11 is 0. The Morgan fingerprint density at radius 2 is 1.96 bits per heavy atom. The van der Waals surface area contributed by atoms with Gasteiger partial charge in [0.1, 0.15) is 11.3 Å². The number of hydrogen-bond acceptors (Lipinski definition) is 6. The number of aromatic hydroxyl groups is 1. The molecule has 4 heterocycles. The van der Waals surface area contributed by atoms with Crippen LogP contribution in [0.3, 0.4) is 0 Å². The fraction of sp³-hybridized carbons (Fsp3) is 0.200. The molecule has 0 saturated carbocycles. The van der Waals surface area contributed by atoms with Crippen LogP contribution < -0.4 is 5.32 Å². The Labute approximate surface area is 155 Å². The largest absolute Gasteiger partial charge is 0.507 e. The monoisotopic (exact) mass is 358 g/mol. The molecule has 7 nitrogen and oxygen atoms in total. The Bertz CT molecular complexity index is 1130. The Morgan fingerprint density at radius 3 is 2.67 bits per heavy atom. The third-order valence-electron chi connectivity index (χ3n) is 4.96. The molecule has 5 rings (SSSR count). The Kier molecular flexibility index (Phi) is 3.61. The summed E-state index contributed by atoms with van der Waals surface area (Å²) in [5, 5.41) is 27.7. The van der Waals surface area contributed by atoms with Crippen LogP contribution in [-0.2, 0) is 7.05 Å². The van der Waals surface area contributed by atoms with Gasteiger partial charge in [-0.15, -0.1) is 0 Å². The fourth-order valence-electron chi connectivity index (χ4n) is 3.32. The van der Waals surface area contributed by atoms with Gasteiger partial charge in [0.15, 0.2) is 0 Å². The summed E-state index contributed by atoms with van der Waals surface area (Å²) in [7, 11) is 1.88. The molecule has 0 aliphatic carbocycles. The van der Waals surface area contributed by atoms with Crippen LogP contribution in [0.2, 0.25) is 0 Å². The van der Waals surface area contributed by atoms with Crippen molar-refractivity contribution < 1.29 is 5.11 Å². The minimum absolute atomic E-state index is 0.160. The number of fused-ring (bicyclic) bond motifs is 1. The SMILES string of the molecule is Cn1cc2cc(-c3ccc(-c4ccc(C5CNC5)nn4)c(O)c3)ncc2n1. The Hall–Kier alpha value is -3.32. The summed E-state index contributed by atoms with van der Waals surface area (Å²) in [6, 6.07) is 11.4. The molecule has 3 aromatic heterocycles. The van der Waals surface area contributed by atoms with Crippen LogP contribution in [-0.4, -0.2) is 43.2 Å². The van der Waals surface area contributed by atoms with Gasteiger partial charge in [-0.2, -0.15) is 15.3 Å². The molecule has 0 bridgehead atoms. The molecule has 0 amide bonds. The number of phenols is 1. The molecular weight excluding hydrogens is 340 g/mol. The molecule has 1 fully saturated rings. The maximum atomic E-state index is 10.5. The zero-order chi connectivity index (χ0) is 18.4. The third-order valence-corrected chi connectivity index (χ3v) is 4.96. The fourth-order valence-corrected chi connectivity index (χ4v) is 3.32. The second kappa shape index (κ2) is 6.14. The molecule has 134 valence electrons. The summed E-state index contributed by atoms with van der Waals surface area (Å²) < 4.78 is 1.76. The average molecular weight is 358 g/mol. The molecule has 4 aromatic rings. The second-order valence-electron chi connectivity index (χ2n) is 6.86. The highest BCUT2D eigenvalue weighted by Crippen LogP contribution is 2.32. The van der Waals surface area contributed by atoms with Crippen molar-refractivity contribution in [2.45, 2.75) is 5.92 Å². The zero-order valence-corrected chi connectivity index (χ0v) is 14.8. The summed E-state index contributed by atoms with van der Waals surface area (Å²) in [6.45, 7) is 1.89. The highest BCUT2D eigenvalue weighted by Gasteiger charge is 2.20. The normalized spacial score (nSPS) is 14.4. The molecule has 1 aliphatic heterocycles. The first-order chi connectivity index (χ1) is 13.2. The van der Waals surface area contributed by atoms with Crippen molar-refractivity contribution in [1.82, 2.24) is 30.3 Å². The van der Waals surface area contributed by atoms with E-state index in [4.69, 9.17) is 0 Å². The highest BCUT2D eigenvalue weighted by molar-refractivity contribution is 5.82. The van der Waals surface area contributed by atoms with Crippen LogP contribution in [0.15, 0.2) is 48.8 Å². The maximum Gasteiger partial charge on any atom is 0.125 e. The second-order valence-corrected chi connectivity index (χ2v) is 6.86. The van der Waals surface area contributed by atoms with Crippen molar-refractivity contribution in [2.24, 2.45) is 7.05 Å². The number of hydrogen-bond donors (Lipinski definition) is 2. The number of nitrogens with zero attached hydrogens (tertiary/aromatic N) is 5. The number of nitrogens with one attached hydrogen (secondary N) is 1. The van der Waals surface area contributed by atoms with Gasteiger partial charge >= 0.3 is 0 Å². The van der Waals surface area contributed by atoms with E-state index in [-0.39, 0.29) is 5.75 Å². The molecule has 0 radical (unpaired) electrons. The van der Waals surface area contributed by atoms with Gasteiger partial charge in [-0.1, -0.05) is 6.07 Å². The van der Waals surface area contributed by atoms with E-state index in [0.29, 0.717) is 17.2 Å². The molecule has 1 saturated heterocycles. The van der Waals surface area contributed by atoms with E-state index in [2.05, 4.69) is 25.6 Å². The molecule has 0 atom stereocenters. The van der Waals surface area contributed by atoms with Crippen molar-refractivity contribution >= 4 is 10.9 Å². The molecule has 2 N–H and O–H groups in total. The predicted molar refractivity (Wildman–Crippen MR) is 102 cm³/mol. The minimum atomic E-state index is 0.160. The maximum absolute atomic E-state index is 10.5. The summed E-state index contributed by atoms with van der Waals surface area (Å²) in [5.74, 6) is 0.601. The van der Waals surface area contributed by atoms with Gasteiger partial charge in [0.05, 0.1) is 23.3 Å². The quantitative estimate of drug-likeness (QED) is 0.585. The van der Waals surface area contributed by atoms with Crippen LogP contribution in [0.25, 0.3) is 33.4 Å². The number of aromatic nitrogens is 5. The molecule has 0 spiro atoms. The van der Waals surface area contributed by atoms with Crippen LogP contribution in [0.1, 0.15) is 11.6 Å². The van der Waals surface area contributed by atoms with E-state index in [1.165, 1.54) is 0 Å². The van der Waals surface area contributed by atoms with E-state index in [1.54, 1.807) is 16.9 Å². The van der Waals surface area contributed by atoms with Crippen LogP contribution in [0, 0.1) is 0 Å². The van der Waals surface area contributed by atoms with Gasteiger partial charge in [-0.3, -0.25) is 9.67 Å². The van der Waals surface area contributed by atoms with Crippen LogP contribution >= 0.6 is 0 Å². The summed E-state index contributed by atoms with van der Waals surface area (Å²) in [4.78, 5) is 4.46. The van der Waals surface area contributed by atoms with Crippen molar-refractivity contribution in [3.05, 3.63) is 54.5 Å². The van der Waals surface area contributed by atoms with E-state index < -0.39 is 0 Å². The van der Waals surface area contributed by atoms with Gasteiger partial charge in [-0.05, 0) is 30.3 Å². The van der Waals surface area contributed by atoms with Gasteiger partial charge < -0.3 is 10.4 Å². The van der Waals surface area contributed by atoms with Crippen LogP contribution in [0.4, 0.5) is 0 Å². The lowest BCUT2D eigenvalue weighted by Crippen LogP contribution is -2.40. The standard InChI is InChI=1S/C20H18N6O/c1-26-11-13-6-18(22-10-19(13)25-26)12-2-3-15(20(27)7-12)17-5-4-16(23-24-17)14-8-21-9-14/h2-7,10-11,14,21,27H,8-9H2,1H3. The van der Waals surface area contributed by atoms with Crippen molar-refractivity contribution in [3.63, 3.8) is 0 Å². The van der Waals surface area contributed by atoms with E-state index in [9.17, 15) is 5.11 Å². The number of phenolic OH excluding ortho intramolecular Hbond substituents is 1. The van der Waals surface area contributed by atoms with Gasteiger partial charge in [0.2, 0.25) is 0 Å². The lowest BCUT2D eigenvalue weighted by atomic mass is 9.98. The number of rotatable bonds is 3. The first-order valence-electron chi connectivity index (χ1n) is 8.85. The lowest BCUT2D eigenvalue weighted by Gasteiger charge is -2.25. The molecule has 1 aromatic carbocycles. The number of benzene rings is 1. The third kappa shape index (κ3) is 2.82. The van der Waals surface area contributed by atoms with E-state index in [0.717, 1.165) is 40.9 Å². The van der Waals surface area contributed by atoms with E-state index in [1.807, 2.05) is 43.6 Å². The summed E-state index contributed by atoms with van der Waals surface area (Å²) in [6.07, 6.45) is 3.69. The number of pyridine rings is 1. The molecule has 7 heteroatoms. The van der Waals surface area contributed by atoms with Crippen LogP contribution in [0.5, 0.6) is 5.75 Å². The van der Waals surface area contributed by atoms with Gasteiger partial charge in [0, 0.05) is 48.8 Å². The Morgan fingerprint density at radius 1 is 1.07 bits per heavy atom. The smallest absolute Gasteiger partial charge is 0.125 e. The average Bonchev–Trinajstić information content (AvgIpc) is 3.00. The van der Waals surface area contributed by atoms with Gasteiger partial charge in [0.25, 0.3) is 0 Å². The number of aryl methyl sites for hydroxylation is 1. The topological polar surface area (TPSA) is 88.8 Å². The molecular formula is C20H18N6O. The predicted octanol–water partition coefficient (Wildman–Crippen LogP) is 2.48. The van der Waals surface area contributed by atoms with E-state index >= 15 is 0 Å². The van der Waals surface area contributed by atoms with Crippen molar-refractivity contribution in [1.29, 1.82) is 0 Å². The molecule has 0 unspecified atom stereocenters. The molecule has 27 heavy (non-hydrogen) atoms. The first-order valence-corrected chi connectivity index (χ1v) is 8.85.